The van der Waals surface area contributed by atoms with Crippen molar-refractivity contribution in [2.75, 3.05) is 17.6 Å². The molecule has 0 spiro atoms. The summed E-state index contributed by atoms with van der Waals surface area (Å²) in [5.74, 6) is -1.73. The molecule has 1 fully saturated rings. The van der Waals surface area contributed by atoms with Crippen LogP contribution in [0.25, 0.3) is 17.3 Å². The molecule has 9 nitrogen and oxygen atoms in total. The zero-order valence-electron chi connectivity index (χ0n) is 24.5. The third kappa shape index (κ3) is 8.31. The summed E-state index contributed by atoms with van der Waals surface area (Å²) in [6, 6.07) is 5.84. The van der Waals surface area contributed by atoms with Crippen LogP contribution < -0.4 is 4.31 Å². The molecule has 1 unspecified atom stereocenters. The van der Waals surface area contributed by atoms with Crippen molar-refractivity contribution in [1.29, 1.82) is 0 Å². The summed E-state index contributed by atoms with van der Waals surface area (Å²) in [6.07, 6.45) is 5.09. The van der Waals surface area contributed by atoms with Gasteiger partial charge < -0.3 is 14.2 Å². The molecule has 1 aliphatic rings. The first-order valence-electron chi connectivity index (χ1n) is 13.4. The second kappa shape index (κ2) is 12.7. The first-order chi connectivity index (χ1) is 18.6. The molecule has 0 amide bonds. The predicted octanol–water partition coefficient (Wildman–Crippen LogP) is 5.46. The van der Waals surface area contributed by atoms with Crippen LogP contribution in [0.3, 0.4) is 0 Å². The molecular formula is C29H40FN3O6S. The SMILES string of the molecule is CCC(C)OC(=O)C[C@H]1C[C@@H](/C=C/c2c(-c3ccc(F)cc3)nc(N(C)S(C)(=O)=O)nc2C(C)C)OC(C)(C)O1. The Hall–Kier alpha value is -2.89. The number of rotatable bonds is 10. The van der Waals surface area contributed by atoms with E-state index in [9.17, 15) is 17.6 Å². The van der Waals surface area contributed by atoms with Crippen molar-refractivity contribution in [3.8, 4) is 11.3 Å². The number of esters is 1. The van der Waals surface area contributed by atoms with Gasteiger partial charge in [0.15, 0.2) is 5.79 Å². The van der Waals surface area contributed by atoms with Gasteiger partial charge in [0.1, 0.15) is 5.82 Å². The predicted molar refractivity (Wildman–Crippen MR) is 153 cm³/mol. The minimum atomic E-state index is -3.63. The Morgan fingerprint density at radius 3 is 2.42 bits per heavy atom. The molecule has 0 radical (unpaired) electrons. The molecule has 1 aliphatic heterocycles. The number of aromatic nitrogens is 2. The minimum absolute atomic E-state index is 0.0195. The van der Waals surface area contributed by atoms with Gasteiger partial charge in [0.2, 0.25) is 16.0 Å². The Kier molecular flexibility index (Phi) is 10.1. The van der Waals surface area contributed by atoms with E-state index < -0.39 is 33.8 Å². The molecule has 0 bridgehead atoms. The van der Waals surface area contributed by atoms with E-state index in [-0.39, 0.29) is 30.4 Å². The molecule has 0 saturated carbocycles. The highest BCUT2D eigenvalue weighted by Crippen LogP contribution is 2.34. The fourth-order valence-electron chi connectivity index (χ4n) is 4.33. The van der Waals surface area contributed by atoms with Crippen LogP contribution >= 0.6 is 0 Å². The van der Waals surface area contributed by atoms with E-state index in [4.69, 9.17) is 14.2 Å². The Balaban J connectivity index is 2.03. The molecular weight excluding hydrogens is 537 g/mol. The van der Waals surface area contributed by atoms with Crippen LogP contribution in [-0.2, 0) is 29.0 Å². The molecule has 2 heterocycles. The normalized spacial score (nSPS) is 20.1. The summed E-state index contributed by atoms with van der Waals surface area (Å²) in [5.41, 5.74) is 2.34. The smallest absolute Gasteiger partial charge is 0.308 e. The topological polar surface area (TPSA) is 108 Å². The number of ether oxygens (including phenoxy) is 3. The van der Waals surface area contributed by atoms with Crippen molar-refractivity contribution < 1.29 is 31.8 Å². The van der Waals surface area contributed by atoms with Crippen LogP contribution in [0.1, 0.15) is 78.0 Å². The summed E-state index contributed by atoms with van der Waals surface area (Å²) in [4.78, 5) is 21.6. The van der Waals surface area contributed by atoms with E-state index in [2.05, 4.69) is 9.97 Å². The van der Waals surface area contributed by atoms with Crippen molar-refractivity contribution >= 4 is 28.0 Å². The first-order valence-corrected chi connectivity index (χ1v) is 15.3. The number of hydrogen-bond acceptors (Lipinski definition) is 8. The van der Waals surface area contributed by atoms with Crippen molar-refractivity contribution in [2.24, 2.45) is 0 Å². The number of sulfonamides is 1. The highest BCUT2D eigenvalue weighted by Gasteiger charge is 2.36. The van der Waals surface area contributed by atoms with Gasteiger partial charge in [-0.25, -0.2) is 27.1 Å². The Bertz CT molecular complexity index is 1330. The highest BCUT2D eigenvalue weighted by molar-refractivity contribution is 7.92. The van der Waals surface area contributed by atoms with Crippen LogP contribution in [0.5, 0.6) is 0 Å². The largest absolute Gasteiger partial charge is 0.463 e. The zero-order valence-corrected chi connectivity index (χ0v) is 25.3. The maximum atomic E-state index is 13.8. The number of benzene rings is 1. The maximum absolute atomic E-state index is 13.8. The third-order valence-electron chi connectivity index (χ3n) is 6.57. The monoisotopic (exact) mass is 577 g/mol. The zero-order chi connectivity index (χ0) is 29.8. The van der Waals surface area contributed by atoms with Crippen molar-refractivity contribution in [3.63, 3.8) is 0 Å². The van der Waals surface area contributed by atoms with Gasteiger partial charge in [-0.2, -0.15) is 0 Å². The van der Waals surface area contributed by atoms with Crippen molar-refractivity contribution in [1.82, 2.24) is 9.97 Å². The molecule has 220 valence electrons. The summed E-state index contributed by atoms with van der Waals surface area (Å²) in [5, 5.41) is 0. The van der Waals surface area contributed by atoms with Gasteiger partial charge in [-0.1, -0.05) is 32.9 Å². The molecule has 0 aliphatic carbocycles. The summed E-state index contributed by atoms with van der Waals surface area (Å²) < 4.78 is 56.9. The Morgan fingerprint density at radius 1 is 1.20 bits per heavy atom. The van der Waals surface area contributed by atoms with E-state index in [1.807, 2.05) is 39.8 Å². The highest BCUT2D eigenvalue weighted by atomic mass is 32.2. The van der Waals surface area contributed by atoms with Crippen molar-refractivity contribution in [2.45, 2.75) is 90.8 Å². The first kappa shape index (κ1) is 31.6. The van der Waals surface area contributed by atoms with Gasteiger partial charge in [0.25, 0.3) is 0 Å². The van der Waals surface area contributed by atoms with Gasteiger partial charge in [0, 0.05) is 24.6 Å². The Labute approximate surface area is 236 Å². The lowest BCUT2D eigenvalue weighted by Crippen LogP contribution is -2.44. The number of halogens is 1. The molecule has 0 N–H and O–H groups in total. The van der Waals surface area contributed by atoms with Crippen molar-refractivity contribution in [3.05, 3.63) is 47.4 Å². The molecule has 11 heteroatoms. The fraction of sp³-hybridized carbons (Fsp3) is 0.552. The maximum Gasteiger partial charge on any atom is 0.308 e. The quantitative estimate of drug-likeness (QED) is 0.343. The van der Waals surface area contributed by atoms with Crippen LogP contribution in [0, 0.1) is 5.82 Å². The number of nitrogens with zero attached hydrogens (tertiary/aromatic N) is 3. The van der Waals surface area contributed by atoms with Gasteiger partial charge >= 0.3 is 5.97 Å². The van der Waals surface area contributed by atoms with E-state index in [0.717, 1.165) is 17.0 Å². The fourth-order valence-corrected chi connectivity index (χ4v) is 4.71. The molecule has 1 saturated heterocycles. The Morgan fingerprint density at radius 2 is 1.85 bits per heavy atom. The summed E-state index contributed by atoms with van der Waals surface area (Å²) >= 11 is 0. The molecule has 1 aromatic heterocycles. The number of anilines is 1. The van der Waals surface area contributed by atoms with Gasteiger partial charge in [-0.3, -0.25) is 4.79 Å². The lowest BCUT2D eigenvalue weighted by molar-refractivity contribution is -0.290. The van der Waals surface area contributed by atoms with E-state index in [1.165, 1.54) is 19.2 Å². The van der Waals surface area contributed by atoms with E-state index >= 15 is 0 Å². The lowest BCUT2D eigenvalue weighted by atomic mass is 9.97. The molecule has 3 rings (SSSR count). The lowest BCUT2D eigenvalue weighted by Gasteiger charge is -2.39. The van der Waals surface area contributed by atoms with Crippen LogP contribution in [0.2, 0.25) is 0 Å². The summed E-state index contributed by atoms with van der Waals surface area (Å²) in [6.45, 7) is 11.3. The average Bonchev–Trinajstić information content (AvgIpc) is 2.85. The van der Waals surface area contributed by atoms with E-state index in [0.29, 0.717) is 28.9 Å². The third-order valence-corrected chi connectivity index (χ3v) is 7.73. The molecule has 2 aromatic rings. The second-order valence-electron chi connectivity index (χ2n) is 10.9. The number of carbonyl (C=O) groups excluding carboxylic acids is 1. The van der Waals surface area contributed by atoms with Crippen LogP contribution in [-0.4, -0.2) is 61.8 Å². The van der Waals surface area contributed by atoms with Gasteiger partial charge in [0.05, 0.1) is 42.4 Å². The second-order valence-corrected chi connectivity index (χ2v) is 12.9. The standard InChI is InChI=1S/C29H40FN3O6S/c1-9-19(4)37-25(34)17-23-16-22(38-29(5,6)39-23)14-15-24-26(18(2)3)31-28(33(7)40(8,35)36)32-27(24)20-10-12-21(30)13-11-20/h10-15,18-19,22-23H,9,16-17H2,1-8H3/b15-14+/t19?,22-,23-/m1/s1. The average molecular weight is 578 g/mol. The number of hydrogen-bond donors (Lipinski definition) is 0. The van der Waals surface area contributed by atoms with Gasteiger partial charge in [-0.05, 0) is 57.4 Å². The number of carbonyl (C=O) groups is 1. The molecule has 40 heavy (non-hydrogen) atoms. The van der Waals surface area contributed by atoms with Gasteiger partial charge in [-0.15, -0.1) is 0 Å². The van der Waals surface area contributed by atoms with Crippen LogP contribution in [0.15, 0.2) is 30.3 Å². The van der Waals surface area contributed by atoms with Crippen LogP contribution in [0.4, 0.5) is 10.3 Å². The summed E-state index contributed by atoms with van der Waals surface area (Å²) in [7, 11) is -2.23. The molecule has 3 atom stereocenters. The van der Waals surface area contributed by atoms with E-state index in [1.54, 1.807) is 26.0 Å². The molecule has 1 aromatic carbocycles. The minimum Gasteiger partial charge on any atom is -0.463 e.